The number of aliphatic hydroxyl groups excluding tert-OH is 1. The van der Waals surface area contributed by atoms with E-state index in [1.54, 1.807) is 0 Å². The molecule has 3 aliphatic rings. The van der Waals surface area contributed by atoms with Crippen molar-refractivity contribution in [2.75, 3.05) is 19.6 Å². The Bertz CT molecular complexity index is 840. The standard InChI is InChI=1S/C20H24F5N3O4/c21-19(22)2-4-28(10-19)16(29)6-12-5-14-18(31-12)17(30)15(32-14)9-27-8-11-7-26-3-1-13(11)20(23,24)25/h1,3,7,12,14-15,17-18,27,30H,2,4-6,8-10H2/t12-,14+,15+,17+,18-/m0/s1. The molecule has 7 nitrogen and oxygen atoms in total. The number of amides is 1. The van der Waals surface area contributed by atoms with Crippen molar-refractivity contribution in [3.05, 3.63) is 29.6 Å². The van der Waals surface area contributed by atoms with Gasteiger partial charge in [-0.3, -0.25) is 9.78 Å². The summed E-state index contributed by atoms with van der Waals surface area (Å²) in [6.45, 7) is -0.601. The molecule has 3 aliphatic heterocycles. The van der Waals surface area contributed by atoms with Crippen molar-refractivity contribution in [1.82, 2.24) is 15.2 Å². The fraction of sp³-hybridized carbons (Fsp3) is 0.700. The molecule has 1 aromatic rings. The van der Waals surface area contributed by atoms with Gasteiger partial charge >= 0.3 is 6.18 Å². The van der Waals surface area contributed by atoms with E-state index in [-0.39, 0.29) is 38.0 Å². The van der Waals surface area contributed by atoms with Crippen LogP contribution in [-0.2, 0) is 27.0 Å². The molecule has 0 radical (unpaired) electrons. The van der Waals surface area contributed by atoms with Gasteiger partial charge in [-0.05, 0) is 11.6 Å². The highest BCUT2D eigenvalue weighted by Gasteiger charge is 2.51. The number of carbonyl (C=O) groups is 1. The maximum absolute atomic E-state index is 13.3. The van der Waals surface area contributed by atoms with Gasteiger partial charge in [0.05, 0.1) is 36.8 Å². The predicted molar refractivity (Wildman–Crippen MR) is 99.7 cm³/mol. The fourth-order valence-corrected chi connectivity index (χ4v) is 4.48. The number of hydrogen-bond donors (Lipinski definition) is 2. The van der Waals surface area contributed by atoms with Crippen LogP contribution in [0.25, 0.3) is 0 Å². The Balaban J connectivity index is 1.24. The molecule has 5 atom stereocenters. The molecule has 178 valence electrons. The molecule has 3 saturated heterocycles. The average molecular weight is 465 g/mol. The summed E-state index contributed by atoms with van der Waals surface area (Å²) in [5.74, 6) is -3.28. The maximum atomic E-state index is 13.3. The number of ether oxygens (including phenoxy) is 2. The van der Waals surface area contributed by atoms with Gasteiger partial charge in [0, 0.05) is 44.9 Å². The highest BCUT2D eigenvalue weighted by Crippen LogP contribution is 2.36. The molecule has 0 aliphatic carbocycles. The molecule has 4 heterocycles. The highest BCUT2D eigenvalue weighted by molar-refractivity contribution is 5.77. The number of hydrogen-bond acceptors (Lipinski definition) is 6. The number of pyridine rings is 1. The molecule has 2 N–H and O–H groups in total. The summed E-state index contributed by atoms with van der Waals surface area (Å²) in [5.41, 5.74) is -0.800. The summed E-state index contributed by atoms with van der Waals surface area (Å²) < 4.78 is 77.3. The number of aliphatic hydroxyl groups is 1. The molecule has 1 amide bonds. The number of carbonyl (C=O) groups excluding carboxylic acids is 1. The normalized spacial score (nSPS) is 31.8. The van der Waals surface area contributed by atoms with Crippen LogP contribution < -0.4 is 5.32 Å². The first-order chi connectivity index (χ1) is 15.0. The summed E-state index contributed by atoms with van der Waals surface area (Å²) in [4.78, 5) is 17.1. The van der Waals surface area contributed by atoms with Crippen LogP contribution in [-0.4, -0.2) is 77.0 Å². The molecule has 0 spiro atoms. The van der Waals surface area contributed by atoms with Crippen molar-refractivity contribution in [1.29, 1.82) is 0 Å². The van der Waals surface area contributed by atoms with Crippen LogP contribution >= 0.6 is 0 Å². The molecule has 0 saturated carbocycles. The number of nitrogens with one attached hydrogen (secondary N) is 1. The van der Waals surface area contributed by atoms with E-state index >= 15 is 0 Å². The number of fused-ring (bicyclic) bond motifs is 1. The van der Waals surface area contributed by atoms with E-state index in [9.17, 15) is 31.9 Å². The summed E-state index contributed by atoms with van der Waals surface area (Å²) in [6.07, 6.45) is -5.78. The zero-order valence-electron chi connectivity index (χ0n) is 17.0. The van der Waals surface area contributed by atoms with Gasteiger partial charge in [0.1, 0.15) is 12.2 Å². The lowest BCUT2D eigenvalue weighted by Gasteiger charge is -2.22. The summed E-state index contributed by atoms with van der Waals surface area (Å²) in [7, 11) is 0. The van der Waals surface area contributed by atoms with E-state index in [2.05, 4.69) is 10.3 Å². The van der Waals surface area contributed by atoms with E-state index < -0.39 is 60.6 Å². The molecular formula is C20H24F5N3O4. The minimum absolute atomic E-state index is 0.00522. The number of aromatic nitrogens is 1. The Hall–Kier alpha value is -1.89. The third kappa shape index (κ3) is 5.03. The van der Waals surface area contributed by atoms with Crippen molar-refractivity contribution >= 4 is 5.91 Å². The van der Waals surface area contributed by atoms with Gasteiger partial charge in [-0.15, -0.1) is 0 Å². The molecule has 4 rings (SSSR count). The number of nitrogens with zero attached hydrogens (tertiary/aromatic N) is 2. The minimum Gasteiger partial charge on any atom is -0.388 e. The molecule has 0 aromatic carbocycles. The largest absolute Gasteiger partial charge is 0.416 e. The van der Waals surface area contributed by atoms with Crippen LogP contribution in [0.5, 0.6) is 0 Å². The quantitative estimate of drug-likeness (QED) is 0.623. The molecule has 0 unspecified atom stereocenters. The van der Waals surface area contributed by atoms with Crippen molar-refractivity contribution in [3.63, 3.8) is 0 Å². The summed E-state index contributed by atoms with van der Waals surface area (Å²) >= 11 is 0. The first-order valence-electron chi connectivity index (χ1n) is 10.4. The average Bonchev–Trinajstić information content (AvgIpc) is 3.36. The summed E-state index contributed by atoms with van der Waals surface area (Å²) in [6, 6.07) is 0.904. The zero-order valence-corrected chi connectivity index (χ0v) is 17.0. The van der Waals surface area contributed by atoms with E-state index in [1.165, 1.54) is 0 Å². The lowest BCUT2D eigenvalue weighted by molar-refractivity contribution is -0.138. The highest BCUT2D eigenvalue weighted by atomic mass is 19.4. The van der Waals surface area contributed by atoms with E-state index in [0.717, 1.165) is 23.4 Å². The van der Waals surface area contributed by atoms with Gasteiger partial charge in [0.2, 0.25) is 5.91 Å². The van der Waals surface area contributed by atoms with Crippen molar-refractivity contribution in [2.45, 2.75) is 68.4 Å². The number of alkyl halides is 5. The molecular weight excluding hydrogens is 441 g/mol. The van der Waals surface area contributed by atoms with Gasteiger partial charge in [-0.2, -0.15) is 13.2 Å². The Morgan fingerprint density at radius 2 is 2.12 bits per heavy atom. The SMILES string of the molecule is O=C(C[C@@H]1C[C@H]2O[C@H](CNCc3cnccc3C(F)(F)F)[C@@H](O)[C@H]2O1)N1CCC(F)(F)C1. The molecule has 0 bridgehead atoms. The lowest BCUT2D eigenvalue weighted by Crippen LogP contribution is -2.39. The van der Waals surface area contributed by atoms with Gasteiger partial charge in [0.15, 0.2) is 0 Å². The predicted octanol–water partition coefficient (Wildman–Crippen LogP) is 1.73. The molecule has 12 heteroatoms. The summed E-state index contributed by atoms with van der Waals surface area (Å²) in [5, 5.41) is 13.3. The fourth-order valence-electron chi connectivity index (χ4n) is 4.48. The minimum atomic E-state index is -4.49. The van der Waals surface area contributed by atoms with E-state index in [0.29, 0.717) is 6.42 Å². The van der Waals surface area contributed by atoms with Crippen LogP contribution in [0.15, 0.2) is 18.5 Å². The Labute approximate surface area is 180 Å². The van der Waals surface area contributed by atoms with Crippen LogP contribution in [0.4, 0.5) is 22.0 Å². The van der Waals surface area contributed by atoms with Gasteiger partial charge < -0.3 is 24.8 Å². The Morgan fingerprint density at radius 1 is 1.34 bits per heavy atom. The van der Waals surface area contributed by atoms with E-state index in [1.807, 2.05) is 0 Å². The smallest absolute Gasteiger partial charge is 0.388 e. The maximum Gasteiger partial charge on any atom is 0.416 e. The van der Waals surface area contributed by atoms with Crippen molar-refractivity contribution < 1.29 is 41.3 Å². The van der Waals surface area contributed by atoms with Gasteiger partial charge in [-0.25, -0.2) is 8.78 Å². The van der Waals surface area contributed by atoms with Crippen molar-refractivity contribution in [3.8, 4) is 0 Å². The first-order valence-corrected chi connectivity index (χ1v) is 10.4. The zero-order chi connectivity index (χ0) is 23.1. The van der Waals surface area contributed by atoms with Crippen LogP contribution in [0.1, 0.15) is 30.4 Å². The van der Waals surface area contributed by atoms with Crippen LogP contribution in [0, 0.1) is 0 Å². The first kappa shape index (κ1) is 23.3. The number of rotatable bonds is 6. The Kier molecular flexibility index (Phi) is 6.40. The van der Waals surface area contributed by atoms with Crippen LogP contribution in [0.2, 0.25) is 0 Å². The van der Waals surface area contributed by atoms with E-state index in [4.69, 9.17) is 9.47 Å². The Morgan fingerprint density at radius 3 is 2.78 bits per heavy atom. The molecule has 3 fully saturated rings. The second-order valence-corrected chi connectivity index (χ2v) is 8.45. The molecule has 1 aromatic heterocycles. The van der Waals surface area contributed by atoms with Gasteiger partial charge in [-0.1, -0.05) is 0 Å². The third-order valence-electron chi connectivity index (χ3n) is 6.07. The number of halogens is 5. The third-order valence-corrected chi connectivity index (χ3v) is 6.07. The lowest BCUT2D eigenvalue weighted by atomic mass is 10.1. The van der Waals surface area contributed by atoms with Crippen LogP contribution in [0.3, 0.4) is 0 Å². The topological polar surface area (TPSA) is 83.9 Å². The molecule has 32 heavy (non-hydrogen) atoms. The second-order valence-electron chi connectivity index (χ2n) is 8.45. The monoisotopic (exact) mass is 465 g/mol. The van der Waals surface area contributed by atoms with Gasteiger partial charge in [0.25, 0.3) is 5.92 Å². The van der Waals surface area contributed by atoms with Crippen molar-refractivity contribution in [2.24, 2.45) is 0 Å². The second kappa shape index (κ2) is 8.81. The number of likely N-dealkylation sites (tertiary alicyclic amines) is 1.